The number of hydrogen-bond acceptors (Lipinski definition) is 6. The Bertz CT molecular complexity index is 1610. The van der Waals surface area contributed by atoms with Crippen molar-refractivity contribution < 1.29 is 32.3 Å². The number of likely N-dealkylation sites (N-methyl/N-ethyl adjacent to an activating group) is 1. The Hall–Kier alpha value is -3.84. The maximum absolute atomic E-state index is 14.6. The van der Waals surface area contributed by atoms with Gasteiger partial charge in [-0.25, -0.2) is 9.86 Å². The summed E-state index contributed by atoms with van der Waals surface area (Å²) in [6, 6.07) is 15.6. The van der Waals surface area contributed by atoms with Crippen LogP contribution in [0.2, 0.25) is 10.0 Å². The van der Waals surface area contributed by atoms with Gasteiger partial charge in [-0.1, -0.05) is 47.5 Å². The zero-order chi connectivity index (χ0) is 33.9. The Morgan fingerprint density at radius 3 is 2.09 bits per heavy atom. The first kappa shape index (κ1) is 34.5. The van der Waals surface area contributed by atoms with Crippen LogP contribution in [0.5, 0.6) is 5.75 Å². The van der Waals surface area contributed by atoms with Gasteiger partial charge in [0.1, 0.15) is 17.6 Å². The summed E-state index contributed by atoms with van der Waals surface area (Å²) in [5.74, 6) is -0.0944. The van der Waals surface area contributed by atoms with Crippen LogP contribution in [-0.2, 0) is 15.8 Å². The molecule has 0 saturated carbocycles. The van der Waals surface area contributed by atoms with Gasteiger partial charge in [-0.15, -0.1) is 0 Å². The number of hydrogen-bond donors (Lipinski definition) is 0. The molecule has 2 atom stereocenters. The number of nitrogens with zero attached hydrogens (tertiary/aromatic N) is 5. The van der Waals surface area contributed by atoms with E-state index in [0.29, 0.717) is 36.2 Å². The molecule has 0 aromatic heterocycles. The van der Waals surface area contributed by atoms with Gasteiger partial charge >= 0.3 is 12.2 Å². The minimum atomic E-state index is -4.60. The van der Waals surface area contributed by atoms with Gasteiger partial charge in [-0.05, 0) is 60.5 Å². The molecule has 3 aromatic carbocycles. The van der Waals surface area contributed by atoms with E-state index in [-0.39, 0.29) is 42.2 Å². The van der Waals surface area contributed by atoms with Gasteiger partial charge in [0.25, 0.3) is 5.91 Å². The molecule has 250 valence electrons. The molecule has 1 fully saturated rings. The average molecular weight is 693 g/mol. The van der Waals surface area contributed by atoms with Crippen LogP contribution in [-0.4, -0.2) is 91.0 Å². The van der Waals surface area contributed by atoms with Crippen LogP contribution < -0.4 is 4.74 Å². The van der Waals surface area contributed by atoms with E-state index in [1.807, 2.05) is 17.0 Å². The Balaban J connectivity index is 1.58. The number of amides is 3. The number of halogens is 5. The zero-order valence-electron chi connectivity index (χ0n) is 26.0. The largest absolute Gasteiger partial charge is 0.493 e. The number of amidine groups is 1. The molecule has 0 radical (unpaired) electrons. The first-order valence-corrected chi connectivity index (χ1v) is 15.7. The van der Waals surface area contributed by atoms with E-state index in [1.54, 1.807) is 48.2 Å². The molecular formula is C33H34Cl2F3N5O4. The Labute approximate surface area is 281 Å². The van der Waals surface area contributed by atoms with E-state index in [1.165, 1.54) is 25.1 Å². The smallest absolute Gasteiger partial charge is 0.416 e. The van der Waals surface area contributed by atoms with Crippen molar-refractivity contribution >= 4 is 41.0 Å². The molecule has 0 aliphatic carbocycles. The summed E-state index contributed by atoms with van der Waals surface area (Å²) in [4.78, 5) is 42.2. The van der Waals surface area contributed by atoms with Crippen molar-refractivity contribution in [1.82, 2.24) is 19.8 Å². The van der Waals surface area contributed by atoms with Gasteiger partial charge in [-0.2, -0.15) is 13.2 Å². The number of ether oxygens (including phenoxy) is 1. The Kier molecular flexibility index (Phi) is 10.6. The minimum absolute atomic E-state index is 0.0453. The molecule has 2 heterocycles. The number of carbonyl (C=O) groups excluding carboxylic acids is 2. The highest BCUT2D eigenvalue weighted by atomic mass is 35.5. The lowest BCUT2D eigenvalue weighted by Crippen LogP contribution is -2.55. The molecular weight excluding hydrogens is 658 g/mol. The Morgan fingerprint density at radius 1 is 0.936 bits per heavy atom. The molecule has 1 saturated heterocycles. The number of alkyl halides is 3. The summed E-state index contributed by atoms with van der Waals surface area (Å²) in [6.07, 6.45) is -4.60. The lowest BCUT2D eigenvalue weighted by atomic mass is 9.93. The molecule has 2 unspecified atom stereocenters. The summed E-state index contributed by atoms with van der Waals surface area (Å²) < 4.78 is 47.0. The minimum Gasteiger partial charge on any atom is -0.493 e. The molecule has 47 heavy (non-hydrogen) atoms. The van der Waals surface area contributed by atoms with Gasteiger partial charge in [0.05, 0.1) is 37.4 Å². The maximum atomic E-state index is 14.6. The maximum Gasteiger partial charge on any atom is 0.416 e. The first-order valence-electron chi connectivity index (χ1n) is 15.0. The molecule has 14 heteroatoms. The normalized spacial score (nSPS) is 18.7. The molecule has 3 amide bonds. The number of benzene rings is 3. The molecule has 0 spiro atoms. The van der Waals surface area contributed by atoms with Crippen molar-refractivity contribution in [2.24, 2.45) is 4.99 Å². The fourth-order valence-corrected chi connectivity index (χ4v) is 5.91. The van der Waals surface area contributed by atoms with Crippen LogP contribution in [0.4, 0.5) is 18.0 Å². The highest BCUT2D eigenvalue weighted by Crippen LogP contribution is 2.46. The summed E-state index contributed by atoms with van der Waals surface area (Å²) >= 11 is 12.4. The third-order valence-corrected chi connectivity index (χ3v) is 8.68. The van der Waals surface area contributed by atoms with E-state index < -0.39 is 23.8 Å². The van der Waals surface area contributed by atoms with Gasteiger partial charge < -0.3 is 9.64 Å². The monoisotopic (exact) mass is 691 g/mol. The highest BCUT2D eigenvalue weighted by Gasteiger charge is 2.45. The molecule has 2 aliphatic rings. The van der Waals surface area contributed by atoms with E-state index in [4.69, 9.17) is 37.8 Å². The lowest BCUT2D eigenvalue weighted by molar-refractivity contribution is -0.170. The quantitative estimate of drug-likeness (QED) is 0.246. The molecule has 0 N–H and O–H groups in total. The van der Waals surface area contributed by atoms with Crippen molar-refractivity contribution in [1.29, 1.82) is 0 Å². The molecule has 5 rings (SSSR count). The summed E-state index contributed by atoms with van der Waals surface area (Å²) in [5.41, 5.74) is 0.834. The fourth-order valence-electron chi connectivity index (χ4n) is 5.66. The van der Waals surface area contributed by atoms with E-state index >= 15 is 0 Å². The fraction of sp³-hybridized carbons (Fsp3) is 0.364. The number of piperazine rings is 1. The second-order valence-electron chi connectivity index (χ2n) is 11.1. The number of hydroxylamine groups is 2. The number of carbonyl (C=O) groups is 2. The number of urea groups is 1. The average Bonchev–Trinajstić information content (AvgIpc) is 3.45. The second-order valence-corrected chi connectivity index (χ2v) is 11.9. The van der Waals surface area contributed by atoms with Crippen molar-refractivity contribution in [3.05, 3.63) is 99.0 Å². The van der Waals surface area contributed by atoms with Crippen LogP contribution in [0, 0.1) is 0 Å². The topological polar surface area (TPSA) is 77.9 Å². The van der Waals surface area contributed by atoms with Gasteiger partial charge in [0, 0.05) is 43.3 Å². The lowest BCUT2D eigenvalue weighted by Gasteiger charge is -2.39. The van der Waals surface area contributed by atoms with E-state index in [0.717, 1.165) is 28.3 Å². The third kappa shape index (κ3) is 7.67. The SMILES string of the molecule is CCOc1cc(C(F)(F)F)ccc1C1=NC(c2ccc(Cl)cc2)C(c2ccc(Cl)cc2)N1C(=O)N1CCN(CC(=O)N(C)OC)CC1. The van der Waals surface area contributed by atoms with Gasteiger partial charge in [-0.3, -0.25) is 24.4 Å². The van der Waals surface area contributed by atoms with Crippen molar-refractivity contribution in [2.75, 3.05) is 53.5 Å². The van der Waals surface area contributed by atoms with E-state index in [9.17, 15) is 22.8 Å². The molecule has 0 bridgehead atoms. The highest BCUT2D eigenvalue weighted by molar-refractivity contribution is 6.30. The van der Waals surface area contributed by atoms with Crippen LogP contribution in [0.3, 0.4) is 0 Å². The van der Waals surface area contributed by atoms with Gasteiger partial charge in [0.2, 0.25) is 0 Å². The standard InChI is InChI=1S/C33H34Cl2F3N5O4/c1-4-47-27-19-23(33(36,37)38)9-14-26(27)31-39-29(21-5-10-24(34)11-6-21)30(22-7-12-25(35)13-8-22)43(31)32(45)42-17-15-41(16-18-42)20-28(44)40(2)46-3/h5-14,19,29-30H,4,15-18,20H2,1-3H3. The third-order valence-electron chi connectivity index (χ3n) is 8.17. The Morgan fingerprint density at radius 2 is 1.53 bits per heavy atom. The van der Waals surface area contributed by atoms with Gasteiger partial charge in [0.15, 0.2) is 0 Å². The summed E-state index contributed by atoms with van der Waals surface area (Å²) in [6.45, 7) is 3.34. The first-order chi connectivity index (χ1) is 22.4. The van der Waals surface area contributed by atoms with Crippen LogP contribution in [0.25, 0.3) is 0 Å². The van der Waals surface area contributed by atoms with Crippen molar-refractivity contribution in [3.63, 3.8) is 0 Å². The summed E-state index contributed by atoms with van der Waals surface area (Å²) in [5, 5.41) is 2.17. The predicted octanol–water partition coefficient (Wildman–Crippen LogP) is 6.71. The number of aliphatic imine (C=N–C) groups is 1. The molecule has 9 nitrogen and oxygen atoms in total. The number of rotatable bonds is 8. The molecule has 2 aliphatic heterocycles. The van der Waals surface area contributed by atoms with Crippen molar-refractivity contribution in [2.45, 2.75) is 25.2 Å². The van der Waals surface area contributed by atoms with Crippen LogP contribution >= 0.6 is 23.2 Å². The van der Waals surface area contributed by atoms with Crippen LogP contribution in [0.1, 0.15) is 41.3 Å². The molecule has 3 aromatic rings. The predicted molar refractivity (Wildman–Crippen MR) is 173 cm³/mol. The zero-order valence-corrected chi connectivity index (χ0v) is 27.5. The van der Waals surface area contributed by atoms with E-state index in [2.05, 4.69) is 0 Å². The van der Waals surface area contributed by atoms with Crippen molar-refractivity contribution in [3.8, 4) is 5.75 Å². The summed E-state index contributed by atoms with van der Waals surface area (Å²) in [7, 11) is 2.94. The second kappa shape index (κ2) is 14.5. The van der Waals surface area contributed by atoms with Crippen LogP contribution in [0.15, 0.2) is 71.7 Å².